The Balaban J connectivity index is 1.53. The van der Waals surface area contributed by atoms with E-state index < -0.39 is 9.84 Å². The highest BCUT2D eigenvalue weighted by Gasteiger charge is 2.16. The summed E-state index contributed by atoms with van der Waals surface area (Å²) in [5.74, 6) is 0.871. The standard InChI is InChI=1S/C21H25N3O5S/c1-14-11-16(3)24(23-14)12-15(2)22-21(25)20-10-7-18(29-20)13-28-17-5-8-19(9-6-17)30(4,26)27/h5-11,15H,12-13H2,1-4H3,(H,22,25)/t15-/m1/s1. The van der Waals surface area contributed by atoms with Gasteiger partial charge in [-0.2, -0.15) is 5.10 Å². The van der Waals surface area contributed by atoms with Crippen molar-refractivity contribution in [3.05, 3.63) is 65.4 Å². The number of aromatic nitrogens is 2. The van der Waals surface area contributed by atoms with E-state index in [0.29, 0.717) is 18.1 Å². The molecule has 0 bridgehead atoms. The molecule has 0 fully saturated rings. The molecule has 1 atom stereocenters. The Labute approximate surface area is 175 Å². The monoisotopic (exact) mass is 431 g/mol. The van der Waals surface area contributed by atoms with Gasteiger partial charge in [-0.05, 0) is 63.2 Å². The van der Waals surface area contributed by atoms with Crippen molar-refractivity contribution in [2.45, 2.75) is 44.9 Å². The molecule has 0 aliphatic carbocycles. The van der Waals surface area contributed by atoms with Gasteiger partial charge in [-0.1, -0.05) is 0 Å². The van der Waals surface area contributed by atoms with Crippen molar-refractivity contribution in [3.63, 3.8) is 0 Å². The lowest BCUT2D eigenvalue weighted by atomic mass is 10.3. The quantitative estimate of drug-likeness (QED) is 0.588. The molecule has 1 N–H and O–H groups in total. The summed E-state index contributed by atoms with van der Waals surface area (Å²) < 4.78 is 36.0. The van der Waals surface area contributed by atoms with Gasteiger partial charge < -0.3 is 14.5 Å². The molecule has 160 valence electrons. The number of carbonyl (C=O) groups is 1. The third-order valence-corrected chi connectivity index (χ3v) is 5.57. The van der Waals surface area contributed by atoms with Crippen molar-refractivity contribution in [3.8, 4) is 5.75 Å². The third kappa shape index (κ3) is 5.50. The van der Waals surface area contributed by atoms with Crippen LogP contribution in [-0.4, -0.2) is 36.4 Å². The maximum atomic E-state index is 12.4. The van der Waals surface area contributed by atoms with E-state index in [0.717, 1.165) is 17.6 Å². The second-order valence-corrected chi connectivity index (χ2v) is 9.30. The SMILES string of the molecule is Cc1cc(C)n(C[C@@H](C)NC(=O)c2ccc(COc3ccc(S(C)(=O)=O)cc3)o2)n1. The summed E-state index contributed by atoms with van der Waals surface area (Å²) in [6.45, 7) is 6.49. The van der Waals surface area contributed by atoms with Gasteiger partial charge in [-0.15, -0.1) is 0 Å². The maximum Gasteiger partial charge on any atom is 0.287 e. The van der Waals surface area contributed by atoms with Gasteiger partial charge in [-0.3, -0.25) is 9.48 Å². The van der Waals surface area contributed by atoms with E-state index in [1.165, 1.54) is 12.1 Å². The molecule has 30 heavy (non-hydrogen) atoms. The first kappa shape index (κ1) is 21.6. The van der Waals surface area contributed by atoms with Gasteiger partial charge in [0.25, 0.3) is 5.91 Å². The van der Waals surface area contributed by atoms with Crippen LogP contribution in [-0.2, 0) is 23.0 Å². The average molecular weight is 432 g/mol. The number of furan rings is 1. The number of ether oxygens (including phenoxy) is 1. The highest BCUT2D eigenvalue weighted by molar-refractivity contribution is 7.90. The van der Waals surface area contributed by atoms with Crippen molar-refractivity contribution in [1.29, 1.82) is 0 Å². The van der Waals surface area contributed by atoms with Gasteiger partial charge >= 0.3 is 0 Å². The topological polar surface area (TPSA) is 103 Å². The molecule has 0 radical (unpaired) electrons. The van der Waals surface area contributed by atoms with Crippen molar-refractivity contribution >= 4 is 15.7 Å². The minimum absolute atomic E-state index is 0.118. The summed E-state index contributed by atoms with van der Waals surface area (Å²) >= 11 is 0. The molecule has 9 heteroatoms. The van der Waals surface area contributed by atoms with Gasteiger partial charge in [0.15, 0.2) is 15.6 Å². The number of sulfone groups is 1. The number of benzene rings is 1. The predicted octanol–water partition coefficient (Wildman–Crippen LogP) is 2.89. The number of amides is 1. The number of nitrogens with one attached hydrogen (secondary N) is 1. The second-order valence-electron chi connectivity index (χ2n) is 7.28. The third-order valence-electron chi connectivity index (χ3n) is 4.45. The van der Waals surface area contributed by atoms with E-state index in [-0.39, 0.29) is 29.2 Å². The zero-order valence-electron chi connectivity index (χ0n) is 17.4. The summed E-state index contributed by atoms with van der Waals surface area (Å²) in [5.41, 5.74) is 1.98. The minimum Gasteiger partial charge on any atom is -0.486 e. The highest BCUT2D eigenvalue weighted by atomic mass is 32.2. The summed E-state index contributed by atoms with van der Waals surface area (Å²) in [6, 6.07) is 11.2. The number of hydrogen-bond donors (Lipinski definition) is 1. The van der Waals surface area contributed by atoms with E-state index >= 15 is 0 Å². The Morgan fingerprint density at radius 3 is 2.50 bits per heavy atom. The van der Waals surface area contributed by atoms with E-state index in [4.69, 9.17) is 9.15 Å². The van der Waals surface area contributed by atoms with Crippen LogP contribution in [0.5, 0.6) is 5.75 Å². The lowest BCUT2D eigenvalue weighted by Crippen LogP contribution is -2.36. The molecule has 2 aromatic heterocycles. The van der Waals surface area contributed by atoms with Crippen LogP contribution in [0.4, 0.5) is 0 Å². The smallest absolute Gasteiger partial charge is 0.287 e. The van der Waals surface area contributed by atoms with Crippen molar-refractivity contribution in [2.24, 2.45) is 0 Å². The zero-order valence-corrected chi connectivity index (χ0v) is 18.2. The summed E-state index contributed by atoms with van der Waals surface area (Å²) in [6.07, 6.45) is 1.15. The van der Waals surface area contributed by atoms with Gasteiger partial charge in [-0.25, -0.2) is 8.42 Å². The maximum absolute atomic E-state index is 12.4. The van der Waals surface area contributed by atoms with E-state index in [1.807, 2.05) is 31.5 Å². The lowest BCUT2D eigenvalue weighted by Gasteiger charge is -2.14. The molecule has 0 spiro atoms. The molecule has 0 unspecified atom stereocenters. The fourth-order valence-corrected chi connectivity index (χ4v) is 3.61. The molecule has 0 aliphatic rings. The first-order valence-electron chi connectivity index (χ1n) is 9.45. The van der Waals surface area contributed by atoms with E-state index in [2.05, 4.69) is 10.4 Å². The lowest BCUT2D eigenvalue weighted by molar-refractivity contribution is 0.0903. The Kier molecular flexibility index (Phi) is 6.31. The molecule has 8 nitrogen and oxygen atoms in total. The molecule has 1 amide bonds. The fraction of sp³-hybridized carbons (Fsp3) is 0.333. The summed E-state index contributed by atoms with van der Waals surface area (Å²) in [7, 11) is -3.25. The number of rotatable bonds is 8. The molecule has 2 heterocycles. The molecular weight excluding hydrogens is 406 g/mol. The zero-order chi connectivity index (χ0) is 21.9. The van der Waals surface area contributed by atoms with Gasteiger partial charge in [0.1, 0.15) is 18.1 Å². The molecule has 0 saturated carbocycles. The van der Waals surface area contributed by atoms with Crippen molar-refractivity contribution in [1.82, 2.24) is 15.1 Å². The number of hydrogen-bond acceptors (Lipinski definition) is 6. The minimum atomic E-state index is -3.25. The number of aryl methyl sites for hydroxylation is 2. The van der Waals surface area contributed by atoms with Crippen LogP contribution in [0.15, 0.2) is 51.8 Å². The van der Waals surface area contributed by atoms with Crippen LogP contribution in [0.1, 0.15) is 34.6 Å². The van der Waals surface area contributed by atoms with E-state index in [1.54, 1.807) is 24.3 Å². The van der Waals surface area contributed by atoms with Crippen LogP contribution in [0.3, 0.4) is 0 Å². The molecule has 0 saturated heterocycles. The van der Waals surface area contributed by atoms with Gasteiger partial charge in [0, 0.05) is 18.0 Å². The normalized spacial score (nSPS) is 12.5. The molecule has 1 aromatic carbocycles. The van der Waals surface area contributed by atoms with Gasteiger partial charge in [0.05, 0.1) is 17.1 Å². The first-order chi connectivity index (χ1) is 14.1. The van der Waals surface area contributed by atoms with Gasteiger partial charge in [0.2, 0.25) is 0 Å². The fourth-order valence-electron chi connectivity index (χ4n) is 2.97. The van der Waals surface area contributed by atoms with Crippen LogP contribution in [0.2, 0.25) is 0 Å². The van der Waals surface area contributed by atoms with Crippen molar-refractivity contribution in [2.75, 3.05) is 6.26 Å². The second kappa shape index (κ2) is 8.74. The number of nitrogens with zero attached hydrogens (tertiary/aromatic N) is 2. The molecule has 3 rings (SSSR count). The van der Waals surface area contributed by atoms with Crippen LogP contribution >= 0.6 is 0 Å². The van der Waals surface area contributed by atoms with Crippen LogP contribution < -0.4 is 10.1 Å². The Morgan fingerprint density at radius 1 is 1.20 bits per heavy atom. The molecule has 0 aliphatic heterocycles. The van der Waals surface area contributed by atoms with Crippen molar-refractivity contribution < 1.29 is 22.4 Å². The predicted molar refractivity (Wildman–Crippen MR) is 111 cm³/mol. The van der Waals surface area contributed by atoms with Crippen LogP contribution in [0, 0.1) is 13.8 Å². The summed E-state index contributed by atoms with van der Waals surface area (Å²) in [4.78, 5) is 12.6. The average Bonchev–Trinajstić information content (AvgIpc) is 3.26. The summed E-state index contributed by atoms with van der Waals surface area (Å²) in [5, 5.41) is 7.30. The Hall–Kier alpha value is -3.07. The van der Waals surface area contributed by atoms with Crippen LogP contribution in [0.25, 0.3) is 0 Å². The molecular formula is C21H25N3O5S. The highest BCUT2D eigenvalue weighted by Crippen LogP contribution is 2.18. The molecule has 3 aromatic rings. The number of carbonyl (C=O) groups excluding carboxylic acids is 1. The van der Waals surface area contributed by atoms with E-state index in [9.17, 15) is 13.2 Å². The largest absolute Gasteiger partial charge is 0.486 e. The first-order valence-corrected chi connectivity index (χ1v) is 11.3. The Bertz CT molecular complexity index is 1130. The Morgan fingerprint density at radius 2 is 1.90 bits per heavy atom.